The van der Waals surface area contributed by atoms with Crippen LogP contribution in [0.3, 0.4) is 0 Å². The molecule has 124 valence electrons. The van der Waals surface area contributed by atoms with Gasteiger partial charge in [0.15, 0.2) is 0 Å². The Bertz CT molecular complexity index is 553. The highest BCUT2D eigenvalue weighted by atomic mass is 16.5. The quantitative estimate of drug-likeness (QED) is 0.751. The van der Waals surface area contributed by atoms with Gasteiger partial charge in [-0.05, 0) is 24.8 Å². The van der Waals surface area contributed by atoms with E-state index in [1.54, 1.807) is 0 Å². The molecule has 1 aromatic rings. The van der Waals surface area contributed by atoms with Crippen molar-refractivity contribution in [2.75, 3.05) is 19.7 Å². The molecule has 4 atom stereocenters. The number of hydrogen-bond acceptors (Lipinski definition) is 5. The number of carbonyl (C=O) groups is 1. The molecule has 4 rings (SSSR count). The van der Waals surface area contributed by atoms with Crippen LogP contribution in [0.4, 0.5) is 0 Å². The van der Waals surface area contributed by atoms with Gasteiger partial charge in [0.2, 0.25) is 5.91 Å². The molecule has 0 spiro atoms. The lowest BCUT2D eigenvalue weighted by molar-refractivity contribution is -0.144. The molecule has 2 heterocycles. The standard InChI is InChI=1S/C17H24N4O2/c22-17(13-6-7-14-15(10-13)19-20-18-14)21-8-9-23-16(11-21)12-4-2-1-3-5-12/h1-5,13-16,18-20H,6-11H2. The van der Waals surface area contributed by atoms with Gasteiger partial charge in [-0.15, -0.1) is 0 Å². The Hall–Kier alpha value is -1.47. The van der Waals surface area contributed by atoms with Crippen LogP contribution in [0.1, 0.15) is 30.9 Å². The van der Waals surface area contributed by atoms with Crippen molar-refractivity contribution in [2.24, 2.45) is 5.92 Å². The Morgan fingerprint density at radius 3 is 2.83 bits per heavy atom. The molecule has 0 aromatic heterocycles. The van der Waals surface area contributed by atoms with Gasteiger partial charge in [0.1, 0.15) is 6.10 Å². The number of rotatable bonds is 2. The van der Waals surface area contributed by atoms with Crippen molar-refractivity contribution in [3.8, 4) is 0 Å². The number of ether oxygens (including phenoxy) is 1. The largest absolute Gasteiger partial charge is 0.370 e. The van der Waals surface area contributed by atoms with E-state index in [4.69, 9.17) is 4.74 Å². The minimum Gasteiger partial charge on any atom is -0.370 e. The summed E-state index contributed by atoms with van der Waals surface area (Å²) in [7, 11) is 0. The first kappa shape index (κ1) is 15.1. The van der Waals surface area contributed by atoms with Crippen LogP contribution in [0.5, 0.6) is 0 Å². The van der Waals surface area contributed by atoms with Gasteiger partial charge in [-0.25, -0.2) is 10.9 Å². The Labute approximate surface area is 136 Å². The van der Waals surface area contributed by atoms with E-state index < -0.39 is 0 Å². The molecule has 6 nitrogen and oxygen atoms in total. The molecule has 1 saturated carbocycles. The van der Waals surface area contributed by atoms with Crippen LogP contribution in [0.15, 0.2) is 30.3 Å². The van der Waals surface area contributed by atoms with Crippen molar-refractivity contribution in [2.45, 2.75) is 37.5 Å². The highest BCUT2D eigenvalue weighted by Gasteiger charge is 2.38. The maximum absolute atomic E-state index is 12.9. The number of fused-ring (bicyclic) bond motifs is 1. The lowest BCUT2D eigenvalue weighted by atomic mass is 9.82. The second kappa shape index (κ2) is 6.57. The summed E-state index contributed by atoms with van der Waals surface area (Å²) in [5, 5.41) is 0. The third-order valence-corrected chi connectivity index (χ3v) is 5.26. The zero-order valence-corrected chi connectivity index (χ0v) is 13.2. The molecule has 2 saturated heterocycles. The average Bonchev–Trinajstić information content (AvgIpc) is 3.09. The molecule has 6 heteroatoms. The van der Waals surface area contributed by atoms with E-state index in [0.717, 1.165) is 24.8 Å². The highest BCUT2D eigenvalue weighted by Crippen LogP contribution is 2.29. The third kappa shape index (κ3) is 3.12. The predicted molar refractivity (Wildman–Crippen MR) is 86.0 cm³/mol. The number of hydrazine groups is 2. The van der Waals surface area contributed by atoms with Crippen LogP contribution in [0, 0.1) is 5.92 Å². The lowest BCUT2D eigenvalue weighted by Gasteiger charge is -2.37. The topological polar surface area (TPSA) is 65.6 Å². The van der Waals surface area contributed by atoms with Gasteiger partial charge in [-0.2, -0.15) is 5.53 Å². The van der Waals surface area contributed by atoms with E-state index in [9.17, 15) is 4.79 Å². The zero-order chi connectivity index (χ0) is 15.6. The van der Waals surface area contributed by atoms with Gasteiger partial charge >= 0.3 is 0 Å². The minimum atomic E-state index is -0.00169. The van der Waals surface area contributed by atoms with E-state index in [0.29, 0.717) is 37.7 Å². The first-order valence-electron chi connectivity index (χ1n) is 8.52. The average molecular weight is 316 g/mol. The first-order valence-corrected chi connectivity index (χ1v) is 8.52. The van der Waals surface area contributed by atoms with Gasteiger partial charge in [-0.1, -0.05) is 30.3 Å². The van der Waals surface area contributed by atoms with Crippen LogP contribution in [0.25, 0.3) is 0 Å². The number of amides is 1. The fourth-order valence-electron chi connectivity index (χ4n) is 3.93. The molecular formula is C17H24N4O2. The minimum absolute atomic E-state index is 0.00169. The molecule has 3 N–H and O–H groups in total. The predicted octanol–water partition coefficient (Wildman–Crippen LogP) is 0.736. The van der Waals surface area contributed by atoms with E-state index in [1.165, 1.54) is 0 Å². The van der Waals surface area contributed by atoms with Crippen molar-refractivity contribution < 1.29 is 9.53 Å². The molecule has 3 fully saturated rings. The normalized spacial score (nSPS) is 34.2. The monoisotopic (exact) mass is 316 g/mol. The summed E-state index contributed by atoms with van der Waals surface area (Å²) in [5.74, 6) is 0.418. The number of nitrogens with zero attached hydrogens (tertiary/aromatic N) is 1. The van der Waals surface area contributed by atoms with Crippen LogP contribution in [-0.2, 0) is 9.53 Å². The van der Waals surface area contributed by atoms with Crippen molar-refractivity contribution in [3.05, 3.63) is 35.9 Å². The van der Waals surface area contributed by atoms with Crippen LogP contribution in [-0.4, -0.2) is 42.6 Å². The molecule has 2 aliphatic heterocycles. The van der Waals surface area contributed by atoms with E-state index >= 15 is 0 Å². The molecule has 0 bridgehead atoms. The summed E-state index contributed by atoms with van der Waals surface area (Å²) >= 11 is 0. The summed E-state index contributed by atoms with van der Waals surface area (Å²) in [6.07, 6.45) is 2.90. The van der Waals surface area contributed by atoms with Crippen molar-refractivity contribution >= 4 is 5.91 Å². The molecule has 3 aliphatic rings. The van der Waals surface area contributed by atoms with E-state index in [-0.39, 0.29) is 12.0 Å². The molecule has 4 unspecified atom stereocenters. The molecule has 0 radical (unpaired) electrons. The van der Waals surface area contributed by atoms with Crippen molar-refractivity contribution in [1.82, 2.24) is 21.3 Å². The van der Waals surface area contributed by atoms with Crippen molar-refractivity contribution in [1.29, 1.82) is 0 Å². The van der Waals surface area contributed by atoms with E-state index in [2.05, 4.69) is 28.5 Å². The summed E-state index contributed by atoms with van der Waals surface area (Å²) < 4.78 is 5.87. The van der Waals surface area contributed by atoms with Gasteiger partial charge in [0.05, 0.1) is 13.2 Å². The van der Waals surface area contributed by atoms with Crippen LogP contribution in [0.2, 0.25) is 0 Å². The Morgan fingerprint density at radius 1 is 1.13 bits per heavy atom. The summed E-state index contributed by atoms with van der Waals surface area (Å²) in [6.45, 7) is 1.99. The van der Waals surface area contributed by atoms with Gasteiger partial charge in [0.25, 0.3) is 0 Å². The van der Waals surface area contributed by atoms with E-state index in [1.807, 2.05) is 23.1 Å². The molecular weight excluding hydrogens is 292 g/mol. The zero-order valence-electron chi connectivity index (χ0n) is 13.2. The fourth-order valence-corrected chi connectivity index (χ4v) is 3.93. The SMILES string of the molecule is O=C(C1CCC2NNNC2C1)N1CCOC(c2ccccc2)C1. The van der Waals surface area contributed by atoms with Gasteiger partial charge in [0, 0.05) is 24.5 Å². The second-order valence-corrected chi connectivity index (χ2v) is 6.69. The molecule has 1 amide bonds. The highest BCUT2D eigenvalue weighted by molar-refractivity contribution is 5.79. The maximum atomic E-state index is 12.9. The lowest BCUT2D eigenvalue weighted by Crippen LogP contribution is -2.49. The third-order valence-electron chi connectivity index (χ3n) is 5.26. The van der Waals surface area contributed by atoms with Gasteiger partial charge in [-0.3, -0.25) is 4.79 Å². The number of hydrogen-bond donors (Lipinski definition) is 3. The summed E-state index contributed by atoms with van der Waals surface area (Å²) in [4.78, 5) is 14.9. The Balaban J connectivity index is 1.40. The van der Waals surface area contributed by atoms with Crippen LogP contribution < -0.4 is 16.4 Å². The Morgan fingerprint density at radius 2 is 1.96 bits per heavy atom. The van der Waals surface area contributed by atoms with Crippen LogP contribution >= 0.6 is 0 Å². The first-order chi connectivity index (χ1) is 11.3. The molecule has 23 heavy (non-hydrogen) atoms. The maximum Gasteiger partial charge on any atom is 0.225 e. The summed E-state index contributed by atoms with van der Waals surface area (Å²) in [6, 6.07) is 11.0. The van der Waals surface area contributed by atoms with Crippen molar-refractivity contribution in [3.63, 3.8) is 0 Å². The second-order valence-electron chi connectivity index (χ2n) is 6.69. The fraction of sp³-hybridized carbons (Fsp3) is 0.588. The number of nitrogens with one attached hydrogen (secondary N) is 3. The molecule has 1 aliphatic carbocycles. The number of morpholine rings is 1. The smallest absolute Gasteiger partial charge is 0.225 e. The number of carbonyl (C=O) groups excluding carboxylic acids is 1. The van der Waals surface area contributed by atoms with Gasteiger partial charge < -0.3 is 9.64 Å². The Kier molecular flexibility index (Phi) is 4.31. The molecule has 1 aromatic carbocycles. The number of benzene rings is 1. The summed E-state index contributed by atoms with van der Waals surface area (Å²) in [5.41, 5.74) is 10.6.